The van der Waals surface area contributed by atoms with Crippen LogP contribution in [0.25, 0.3) is 0 Å². The highest BCUT2D eigenvalue weighted by atomic mass is 32.1. The van der Waals surface area contributed by atoms with Crippen molar-refractivity contribution in [3.05, 3.63) is 64.8 Å². The Morgan fingerprint density at radius 3 is 2.78 bits per heavy atom. The van der Waals surface area contributed by atoms with E-state index in [9.17, 15) is 14.8 Å². The molecular weight excluding hydrogens is 365 g/mol. The van der Waals surface area contributed by atoms with E-state index in [-0.39, 0.29) is 18.9 Å². The molecule has 0 radical (unpaired) electrons. The lowest BCUT2D eigenvalue weighted by atomic mass is 9.93. The highest BCUT2D eigenvalue weighted by Crippen LogP contribution is 2.31. The quantitative estimate of drug-likeness (QED) is 0.621. The number of nitrogens with zero attached hydrogens (tertiary/aromatic N) is 4. The fourth-order valence-electron chi connectivity index (χ4n) is 2.84. The largest absolute Gasteiger partial charge is 0.381 e. The second kappa shape index (κ2) is 8.29. The molecular formula is C19H20FN5OS. The van der Waals surface area contributed by atoms with Crippen molar-refractivity contribution in [3.8, 4) is 6.07 Å². The molecule has 140 valence electrons. The maximum absolute atomic E-state index is 13.3. The number of thiophene rings is 1. The van der Waals surface area contributed by atoms with E-state index in [2.05, 4.69) is 28.4 Å². The number of halogens is 1. The molecule has 0 saturated carbocycles. The van der Waals surface area contributed by atoms with Gasteiger partial charge in [0.05, 0.1) is 18.7 Å². The summed E-state index contributed by atoms with van der Waals surface area (Å²) < 4.78 is 14.8. The number of nitriles is 1. The van der Waals surface area contributed by atoms with Crippen molar-refractivity contribution in [2.24, 2.45) is 0 Å². The number of benzene rings is 1. The second-order valence-corrected chi connectivity index (χ2v) is 7.44. The lowest BCUT2D eigenvalue weighted by molar-refractivity contribution is 0.0282. The summed E-state index contributed by atoms with van der Waals surface area (Å²) >= 11 is 1.52. The minimum absolute atomic E-state index is 0.138. The van der Waals surface area contributed by atoms with Gasteiger partial charge in [-0.05, 0) is 30.2 Å². The third kappa shape index (κ3) is 4.51. The highest BCUT2D eigenvalue weighted by molar-refractivity contribution is 7.16. The summed E-state index contributed by atoms with van der Waals surface area (Å²) in [6, 6.07) is 9.80. The third-order valence-corrected chi connectivity index (χ3v) is 5.37. The number of nitrogens with one attached hydrogen (secondary N) is 1. The van der Waals surface area contributed by atoms with Gasteiger partial charge in [0.25, 0.3) is 0 Å². The molecule has 0 aliphatic carbocycles. The van der Waals surface area contributed by atoms with Crippen LogP contribution in [0.4, 0.5) is 9.39 Å². The molecule has 0 aliphatic heterocycles. The number of aliphatic hydroxyl groups is 1. The molecule has 0 amide bonds. The first-order valence-corrected chi connectivity index (χ1v) is 9.43. The zero-order valence-corrected chi connectivity index (χ0v) is 15.7. The Kier molecular flexibility index (Phi) is 5.84. The van der Waals surface area contributed by atoms with E-state index in [0.717, 1.165) is 22.7 Å². The van der Waals surface area contributed by atoms with Crippen LogP contribution in [0.3, 0.4) is 0 Å². The first-order valence-electron chi connectivity index (χ1n) is 8.61. The topological polar surface area (TPSA) is 86.8 Å². The molecule has 1 atom stereocenters. The lowest BCUT2D eigenvalue weighted by Crippen LogP contribution is -2.38. The number of aryl methyl sites for hydroxylation is 1. The normalized spacial score (nSPS) is 13.1. The van der Waals surface area contributed by atoms with E-state index in [1.807, 2.05) is 6.07 Å². The minimum atomic E-state index is -1.36. The Hall–Kier alpha value is -2.76. The number of aromatic nitrogens is 3. The predicted octanol–water partition coefficient (Wildman–Crippen LogP) is 3.30. The predicted molar refractivity (Wildman–Crippen MR) is 102 cm³/mol. The van der Waals surface area contributed by atoms with E-state index in [1.165, 1.54) is 40.8 Å². The number of anilines is 1. The molecule has 3 rings (SSSR count). The van der Waals surface area contributed by atoms with Crippen LogP contribution in [0.2, 0.25) is 0 Å². The molecule has 0 saturated heterocycles. The third-order valence-electron chi connectivity index (χ3n) is 4.21. The molecule has 0 fully saturated rings. The Morgan fingerprint density at radius 2 is 2.15 bits per heavy atom. The van der Waals surface area contributed by atoms with Crippen molar-refractivity contribution in [2.75, 3.05) is 11.9 Å². The lowest BCUT2D eigenvalue weighted by Gasteiger charge is -2.29. The molecule has 1 aromatic carbocycles. The Balaban J connectivity index is 1.85. The van der Waals surface area contributed by atoms with Gasteiger partial charge >= 0.3 is 0 Å². The van der Waals surface area contributed by atoms with Gasteiger partial charge in [-0.15, -0.1) is 11.3 Å². The summed E-state index contributed by atoms with van der Waals surface area (Å²) in [5.41, 5.74) is -0.246. The van der Waals surface area contributed by atoms with Crippen molar-refractivity contribution >= 4 is 16.3 Å². The number of rotatable bonds is 8. The first-order chi connectivity index (χ1) is 13.0. The standard InChI is InChI=1S/C19H20FN5OS/c1-2-3-17-8-14(9-21)18(27-17)23-10-19(26,11-25-13-22-12-24-25)15-4-6-16(20)7-5-15/h4-8,12-13,23,26H,2-3,10-11H2,1H3. The summed E-state index contributed by atoms with van der Waals surface area (Å²) in [6.45, 7) is 2.37. The fraction of sp³-hybridized carbons (Fsp3) is 0.316. The van der Waals surface area contributed by atoms with Gasteiger partial charge in [-0.3, -0.25) is 0 Å². The van der Waals surface area contributed by atoms with Crippen LogP contribution >= 0.6 is 11.3 Å². The van der Waals surface area contributed by atoms with Crippen LogP contribution in [0.1, 0.15) is 29.3 Å². The van der Waals surface area contributed by atoms with Gasteiger partial charge in [-0.25, -0.2) is 14.1 Å². The second-order valence-electron chi connectivity index (χ2n) is 6.30. The minimum Gasteiger partial charge on any atom is -0.381 e. The molecule has 6 nitrogen and oxygen atoms in total. The molecule has 2 N–H and O–H groups in total. The average molecular weight is 385 g/mol. The fourth-order valence-corrected chi connectivity index (χ4v) is 3.95. The Labute approximate surface area is 160 Å². The molecule has 0 spiro atoms. The van der Waals surface area contributed by atoms with Crippen molar-refractivity contribution < 1.29 is 9.50 Å². The molecule has 1 unspecified atom stereocenters. The van der Waals surface area contributed by atoms with Gasteiger partial charge in [0.15, 0.2) is 0 Å². The van der Waals surface area contributed by atoms with Crippen molar-refractivity contribution in [2.45, 2.75) is 31.9 Å². The van der Waals surface area contributed by atoms with Gasteiger partial charge in [-0.2, -0.15) is 10.4 Å². The first kappa shape index (κ1) is 19.0. The molecule has 0 aliphatic rings. The van der Waals surface area contributed by atoms with Crippen LogP contribution in [0.5, 0.6) is 0 Å². The zero-order chi connectivity index (χ0) is 19.3. The van der Waals surface area contributed by atoms with Crippen LogP contribution in [0.15, 0.2) is 43.0 Å². The van der Waals surface area contributed by atoms with E-state index in [4.69, 9.17) is 0 Å². The summed E-state index contributed by atoms with van der Waals surface area (Å²) in [7, 11) is 0. The molecule has 2 heterocycles. The van der Waals surface area contributed by atoms with Gasteiger partial charge in [0, 0.05) is 4.88 Å². The summed E-state index contributed by atoms with van der Waals surface area (Å²) in [6.07, 6.45) is 4.81. The number of hydrogen-bond donors (Lipinski definition) is 2. The van der Waals surface area contributed by atoms with Crippen LogP contribution in [0, 0.1) is 17.1 Å². The molecule has 2 aromatic heterocycles. The SMILES string of the molecule is CCCc1cc(C#N)c(NCC(O)(Cn2cncn2)c2ccc(F)cc2)s1. The Morgan fingerprint density at radius 1 is 1.37 bits per heavy atom. The van der Waals surface area contributed by atoms with E-state index >= 15 is 0 Å². The van der Waals surface area contributed by atoms with E-state index < -0.39 is 5.60 Å². The smallest absolute Gasteiger partial charge is 0.137 e. The molecule has 8 heteroatoms. The van der Waals surface area contributed by atoms with Gasteiger partial charge in [0.1, 0.15) is 35.1 Å². The summed E-state index contributed by atoms with van der Waals surface area (Å²) in [5, 5.41) is 28.7. The van der Waals surface area contributed by atoms with E-state index in [1.54, 1.807) is 12.1 Å². The molecule has 27 heavy (non-hydrogen) atoms. The van der Waals surface area contributed by atoms with Gasteiger partial charge < -0.3 is 10.4 Å². The summed E-state index contributed by atoms with van der Waals surface area (Å²) in [4.78, 5) is 5.03. The number of hydrogen-bond acceptors (Lipinski definition) is 6. The maximum atomic E-state index is 13.3. The average Bonchev–Trinajstić information content (AvgIpc) is 3.30. The maximum Gasteiger partial charge on any atom is 0.137 e. The zero-order valence-electron chi connectivity index (χ0n) is 14.9. The Bertz CT molecular complexity index is 917. The summed E-state index contributed by atoms with van der Waals surface area (Å²) in [5.74, 6) is -0.371. The monoisotopic (exact) mass is 385 g/mol. The van der Waals surface area contributed by atoms with Crippen LogP contribution < -0.4 is 5.32 Å². The molecule has 0 bridgehead atoms. The van der Waals surface area contributed by atoms with Crippen LogP contribution in [-0.2, 0) is 18.6 Å². The van der Waals surface area contributed by atoms with Gasteiger partial charge in [-0.1, -0.05) is 25.5 Å². The van der Waals surface area contributed by atoms with Crippen molar-refractivity contribution in [3.63, 3.8) is 0 Å². The van der Waals surface area contributed by atoms with E-state index in [0.29, 0.717) is 11.1 Å². The van der Waals surface area contributed by atoms with Crippen molar-refractivity contribution in [1.82, 2.24) is 14.8 Å². The highest BCUT2D eigenvalue weighted by Gasteiger charge is 2.31. The van der Waals surface area contributed by atoms with Crippen molar-refractivity contribution in [1.29, 1.82) is 5.26 Å². The molecule has 3 aromatic rings. The van der Waals surface area contributed by atoms with Crippen LogP contribution in [-0.4, -0.2) is 26.4 Å². The van der Waals surface area contributed by atoms with Gasteiger partial charge in [0.2, 0.25) is 0 Å².